The second-order valence-corrected chi connectivity index (χ2v) is 16.1. The van der Waals surface area contributed by atoms with E-state index in [0.717, 1.165) is 16.7 Å². The van der Waals surface area contributed by atoms with Crippen LogP contribution in [0, 0.1) is 0 Å². The molecule has 6 rings (SSSR count). The number of aliphatic imine (C=N–C) groups is 1. The van der Waals surface area contributed by atoms with Crippen molar-refractivity contribution in [3.63, 3.8) is 0 Å². The molecule has 3 amide bonds. The van der Waals surface area contributed by atoms with Gasteiger partial charge in [0.05, 0.1) is 13.2 Å². The molecule has 0 spiro atoms. The van der Waals surface area contributed by atoms with Crippen molar-refractivity contribution in [3.8, 4) is 11.5 Å². The Hall–Kier alpha value is -7.38. The molecule has 0 aromatic heterocycles. The van der Waals surface area contributed by atoms with Crippen molar-refractivity contribution in [2.24, 2.45) is 10.7 Å². The summed E-state index contributed by atoms with van der Waals surface area (Å²) in [7, 11) is -4.37. The summed E-state index contributed by atoms with van der Waals surface area (Å²) < 4.78 is 49.6. The first-order valence-corrected chi connectivity index (χ1v) is 22.1. The van der Waals surface area contributed by atoms with Gasteiger partial charge in [-0.15, -0.1) is 0 Å². The van der Waals surface area contributed by atoms with Gasteiger partial charge in [-0.25, -0.2) is 19.1 Å². The van der Waals surface area contributed by atoms with Crippen LogP contribution in [0.3, 0.4) is 0 Å². The molecule has 0 aliphatic carbocycles. The lowest BCUT2D eigenvalue weighted by Gasteiger charge is -2.21. The Bertz CT molecular complexity index is 2500. The SMILES string of the molecule is NC(=O)CC[C@H](NC(=O)OCc1ccccc1)C(=O)N=C(Cc1ccc(OP(=O)(OCc2ccccc2)OCc2ccccc2)c(OCc2ccccc2)c1)C(=O)OCc1ccccc1. The number of carbonyl (C=O) groups is 4. The van der Waals surface area contributed by atoms with Gasteiger partial charge in [0.1, 0.15) is 31.6 Å². The Labute approximate surface area is 376 Å². The second-order valence-electron chi connectivity index (χ2n) is 14.5. The van der Waals surface area contributed by atoms with Gasteiger partial charge in [-0.2, -0.15) is 0 Å². The van der Waals surface area contributed by atoms with Crippen molar-refractivity contribution in [3.05, 3.63) is 203 Å². The van der Waals surface area contributed by atoms with Gasteiger partial charge < -0.3 is 29.8 Å². The predicted molar refractivity (Wildman–Crippen MR) is 242 cm³/mol. The lowest BCUT2D eigenvalue weighted by atomic mass is 10.1. The van der Waals surface area contributed by atoms with Crippen LogP contribution < -0.4 is 20.3 Å². The third kappa shape index (κ3) is 16.0. The summed E-state index contributed by atoms with van der Waals surface area (Å²) in [6.07, 6.45) is -1.74. The summed E-state index contributed by atoms with van der Waals surface area (Å²) in [5.41, 5.74) is 9.12. The number of benzene rings is 6. The van der Waals surface area contributed by atoms with E-state index in [2.05, 4.69) is 10.3 Å². The quantitative estimate of drug-likeness (QED) is 0.0354. The van der Waals surface area contributed by atoms with Crippen molar-refractivity contribution in [2.45, 2.75) is 58.3 Å². The number of rotatable bonds is 23. The Morgan fingerprint density at radius 2 is 1.02 bits per heavy atom. The number of amides is 3. The lowest BCUT2D eigenvalue weighted by molar-refractivity contribution is -0.137. The first kappa shape index (κ1) is 47.1. The summed E-state index contributed by atoms with van der Waals surface area (Å²) >= 11 is 0. The molecule has 0 bridgehead atoms. The van der Waals surface area contributed by atoms with E-state index in [-0.39, 0.29) is 69.5 Å². The van der Waals surface area contributed by atoms with Gasteiger partial charge in [-0.3, -0.25) is 18.6 Å². The minimum Gasteiger partial charge on any atom is -0.485 e. The average Bonchev–Trinajstić information content (AvgIpc) is 3.34. The fourth-order valence-corrected chi connectivity index (χ4v) is 7.26. The van der Waals surface area contributed by atoms with Crippen LogP contribution in [0.2, 0.25) is 0 Å². The summed E-state index contributed by atoms with van der Waals surface area (Å²) in [5.74, 6) is -2.51. The Kier molecular flexibility index (Phi) is 17.7. The Morgan fingerprint density at radius 3 is 1.51 bits per heavy atom. The molecular formula is C50H48N3O11P. The largest absolute Gasteiger partial charge is 0.530 e. The number of hydrogen-bond donors (Lipinski definition) is 2. The van der Waals surface area contributed by atoms with E-state index >= 15 is 0 Å². The first-order chi connectivity index (χ1) is 31.6. The smallest absolute Gasteiger partial charge is 0.485 e. The van der Waals surface area contributed by atoms with Crippen LogP contribution in [-0.2, 0) is 76.9 Å². The Morgan fingerprint density at radius 1 is 0.554 bits per heavy atom. The molecule has 0 aliphatic heterocycles. The van der Waals surface area contributed by atoms with E-state index in [0.29, 0.717) is 16.7 Å². The van der Waals surface area contributed by atoms with Gasteiger partial charge in [0.15, 0.2) is 11.5 Å². The number of primary amides is 1. The van der Waals surface area contributed by atoms with Crippen LogP contribution in [0.1, 0.15) is 46.2 Å². The highest BCUT2D eigenvalue weighted by atomic mass is 31.2. The number of phosphoric acid groups is 1. The van der Waals surface area contributed by atoms with E-state index in [9.17, 15) is 23.7 Å². The predicted octanol–water partition coefficient (Wildman–Crippen LogP) is 9.00. The summed E-state index contributed by atoms with van der Waals surface area (Å²) in [4.78, 5) is 56.6. The summed E-state index contributed by atoms with van der Waals surface area (Å²) in [6.45, 7) is -0.353. The standard InChI is InChI=1S/C50H48N3O11P/c51-47(54)29-27-43(53-50(57)61-34-39-20-10-3-11-21-39)48(55)52-44(49(56)60-33-38-18-8-2-9-19-38)30-42-26-28-45(46(31-42)59-32-37-16-6-1-7-17-37)64-65(58,62-35-40-22-12-4-13-23-40)63-36-41-24-14-5-15-25-41/h1-26,28,31,43H,27,29-30,32-36H2,(H2,51,54)(H,53,57)/t43-/m0/s1. The molecule has 0 aliphatic rings. The van der Waals surface area contributed by atoms with E-state index < -0.39 is 37.7 Å². The van der Waals surface area contributed by atoms with Gasteiger partial charge in [0.2, 0.25) is 5.91 Å². The van der Waals surface area contributed by atoms with Gasteiger partial charge in [-0.05, 0) is 51.9 Å². The van der Waals surface area contributed by atoms with Gasteiger partial charge >= 0.3 is 19.9 Å². The highest BCUT2D eigenvalue weighted by Gasteiger charge is 2.31. The maximum atomic E-state index is 14.5. The van der Waals surface area contributed by atoms with Gasteiger partial charge in [-0.1, -0.05) is 158 Å². The molecule has 1 atom stereocenters. The molecule has 0 heterocycles. The maximum absolute atomic E-state index is 14.5. The van der Waals surface area contributed by atoms with Crippen molar-refractivity contribution in [2.75, 3.05) is 0 Å². The fraction of sp³-hybridized carbons (Fsp3) is 0.180. The maximum Gasteiger partial charge on any atom is 0.530 e. The molecule has 0 saturated heterocycles. The fourth-order valence-electron chi connectivity index (χ4n) is 6.07. The molecule has 0 fully saturated rings. The van der Waals surface area contributed by atoms with Crippen molar-refractivity contribution in [1.82, 2.24) is 5.32 Å². The number of alkyl carbamates (subject to hydrolysis) is 1. The molecule has 15 heteroatoms. The van der Waals surface area contributed by atoms with Crippen LogP contribution in [0.4, 0.5) is 4.79 Å². The number of nitrogens with zero attached hydrogens (tertiary/aromatic N) is 1. The number of carbonyl (C=O) groups excluding carboxylic acids is 4. The van der Waals surface area contributed by atoms with Crippen LogP contribution in [0.25, 0.3) is 0 Å². The zero-order chi connectivity index (χ0) is 45.7. The number of esters is 1. The van der Waals surface area contributed by atoms with Crippen molar-refractivity contribution < 1.29 is 51.5 Å². The number of ether oxygens (including phenoxy) is 3. The van der Waals surface area contributed by atoms with Crippen LogP contribution >= 0.6 is 7.82 Å². The number of phosphoric ester groups is 1. The molecule has 6 aromatic rings. The zero-order valence-electron chi connectivity index (χ0n) is 35.4. The topological polar surface area (TPSA) is 191 Å². The third-order valence-corrected chi connectivity index (χ3v) is 10.8. The minimum atomic E-state index is -4.37. The first-order valence-electron chi connectivity index (χ1n) is 20.6. The van der Waals surface area contributed by atoms with Crippen LogP contribution in [0.5, 0.6) is 11.5 Å². The summed E-state index contributed by atoms with van der Waals surface area (Å²) in [5, 5.41) is 2.46. The number of nitrogens with two attached hydrogens (primary N) is 1. The van der Waals surface area contributed by atoms with E-state index in [1.165, 1.54) is 6.07 Å². The minimum absolute atomic E-state index is 0.0000814. The van der Waals surface area contributed by atoms with Crippen LogP contribution in [-0.4, -0.2) is 35.6 Å². The monoisotopic (exact) mass is 897 g/mol. The zero-order valence-corrected chi connectivity index (χ0v) is 36.3. The second kappa shape index (κ2) is 24.5. The van der Waals surface area contributed by atoms with Crippen molar-refractivity contribution in [1.29, 1.82) is 0 Å². The number of hydrogen-bond acceptors (Lipinski definition) is 11. The molecule has 0 unspecified atom stereocenters. The molecule has 0 radical (unpaired) electrons. The highest BCUT2D eigenvalue weighted by Crippen LogP contribution is 2.53. The van der Waals surface area contributed by atoms with E-state index in [4.69, 9.17) is 33.5 Å². The molecule has 334 valence electrons. The van der Waals surface area contributed by atoms with E-state index in [1.807, 2.05) is 103 Å². The molecular weight excluding hydrogens is 850 g/mol. The van der Waals surface area contributed by atoms with Gasteiger partial charge in [0, 0.05) is 12.8 Å². The number of nitrogens with one attached hydrogen (secondary N) is 1. The molecule has 65 heavy (non-hydrogen) atoms. The Balaban J connectivity index is 1.30. The van der Waals surface area contributed by atoms with Crippen LogP contribution in [0.15, 0.2) is 175 Å². The molecule has 3 N–H and O–H groups in total. The summed E-state index contributed by atoms with van der Waals surface area (Å²) in [6, 6.07) is 48.5. The van der Waals surface area contributed by atoms with E-state index in [1.54, 1.807) is 60.7 Å². The molecule has 14 nitrogen and oxygen atoms in total. The molecule has 0 saturated carbocycles. The normalized spacial score (nSPS) is 11.8. The van der Waals surface area contributed by atoms with Crippen molar-refractivity contribution >= 4 is 37.4 Å². The third-order valence-electron chi connectivity index (χ3n) is 9.47. The molecule has 6 aromatic carbocycles. The average molecular weight is 898 g/mol. The lowest BCUT2D eigenvalue weighted by Crippen LogP contribution is -2.41. The highest BCUT2D eigenvalue weighted by molar-refractivity contribution is 7.48. The van der Waals surface area contributed by atoms with Gasteiger partial charge in [0.25, 0.3) is 5.91 Å².